The van der Waals surface area contributed by atoms with Crippen LogP contribution in [0.5, 0.6) is 0 Å². The van der Waals surface area contributed by atoms with Gasteiger partial charge in [0.15, 0.2) is 0 Å². The van der Waals surface area contributed by atoms with Gasteiger partial charge in [0, 0.05) is 0 Å². The average Bonchev–Trinajstić information content (AvgIpc) is 2.99. The summed E-state index contributed by atoms with van der Waals surface area (Å²) in [6.45, 7) is 2.26. The smallest absolute Gasteiger partial charge is 0.324 e. The molecule has 2 N–H and O–H groups in total. The second-order valence-electron chi connectivity index (χ2n) is 12.8. The minimum absolute atomic E-state index is 0.390. The van der Waals surface area contributed by atoms with Crippen molar-refractivity contribution in [3.63, 3.8) is 0 Å². The molecule has 2 fully saturated rings. The molecule has 0 amide bonds. The van der Waals surface area contributed by atoms with Crippen LogP contribution in [0, 0.1) is 0 Å². The monoisotopic (exact) mass is 566 g/mol. The van der Waals surface area contributed by atoms with Gasteiger partial charge < -0.3 is 9.79 Å². The highest BCUT2D eigenvalue weighted by molar-refractivity contribution is 7.53. The SMILES string of the molecule is CCCCCCCCCCCC(c1ccccc1C1CCCCC1)(c1ccccc1C1CCCCC1)P(=O)(O)O. The van der Waals surface area contributed by atoms with Gasteiger partial charge in [-0.3, -0.25) is 4.57 Å². The average molecular weight is 567 g/mol. The van der Waals surface area contributed by atoms with Crippen LogP contribution in [0.4, 0.5) is 0 Å². The van der Waals surface area contributed by atoms with Gasteiger partial charge in [0.1, 0.15) is 5.16 Å². The molecule has 40 heavy (non-hydrogen) atoms. The molecule has 2 aromatic carbocycles. The largest absolute Gasteiger partial charge is 0.340 e. The molecule has 4 heteroatoms. The van der Waals surface area contributed by atoms with E-state index in [-0.39, 0.29) is 0 Å². The molecule has 222 valence electrons. The molecule has 2 saturated carbocycles. The van der Waals surface area contributed by atoms with Gasteiger partial charge in [-0.2, -0.15) is 0 Å². The molecule has 0 saturated heterocycles. The summed E-state index contributed by atoms with van der Waals surface area (Å²) in [6, 6.07) is 16.7. The Morgan fingerprint density at radius 1 is 0.625 bits per heavy atom. The Hall–Kier alpha value is -1.41. The van der Waals surface area contributed by atoms with Crippen LogP contribution < -0.4 is 0 Å². The van der Waals surface area contributed by atoms with Crippen LogP contribution in [0.2, 0.25) is 0 Å². The third-order valence-corrected chi connectivity index (χ3v) is 11.7. The number of unbranched alkanes of at least 4 members (excludes halogenated alkanes) is 8. The molecular formula is C36H55O3P. The van der Waals surface area contributed by atoms with E-state index >= 15 is 0 Å². The molecule has 2 aliphatic rings. The van der Waals surface area contributed by atoms with Gasteiger partial charge in [-0.05, 0) is 66.2 Å². The van der Waals surface area contributed by atoms with E-state index < -0.39 is 12.8 Å². The summed E-state index contributed by atoms with van der Waals surface area (Å²) in [5, 5.41) is -1.28. The van der Waals surface area contributed by atoms with Gasteiger partial charge in [0.05, 0.1) is 0 Å². The van der Waals surface area contributed by atoms with E-state index in [1.54, 1.807) is 0 Å². The topological polar surface area (TPSA) is 57.5 Å². The fourth-order valence-corrected chi connectivity index (χ4v) is 9.34. The number of hydrogen-bond donors (Lipinski definition) is 2. The van der Waals surface area contributed by atoms with Crippen molar-refractivity contribution in [1.29, 1.82) is 0 Å². The highest BCUT2D eigenvalue weighted by Crippen LogP contribution is 2.65. The fourth-order valence-electron chi connectivity index (χ4n) is 7.85. The lowest BCUT2D eigenvalue weighted by atomic mass is 9.73. The summed E-state index contributed by atoms with van der Waals surface area (Å²) >= 11 is 0. The maximum absolute atomic E-state index is 14.1. The van der Waals surface area contributed by atoms with E-state index in [0.717, 1.165) is 56.1 Å². The minimum Gasteiger partial charge on any atom is -0.324 e. The molecule has 0 bridgehead atoms. The van der Waals surface area contributed by atoms with E-state index in [0.29, 0.717) is 18.3 Å². The van der Waals surface area contributed by atoms with E-state index in [4.69, 9.17) is 0 Å². The molecule has 0 aliphatic heterocycles. The van der Waals surface area contributed by atoms with Crippen molar-refractivity contribution < 1.29 is 14.4 Å². The molecule has 4 rings (SSSR count). The molecule has 2 aliphatic carbocycles. The first-order valence-electron chi connectivity index (χ1n) is 16.7. The first-order valence-corrected chi connectivity index (χ1v) is 18.3. The van der Waals surface area contributed by atoms with E-state index in [2.05, 4.69) is 43.3 Å². The Bertz CT molecular complexity index is 1000. The molecule has 0 spiro atoms. The Labute approximate surface area is 244 Å². The van der Waals surface area contributed by atoms with Crippen molar-refractivity contribution in [2.45, 2.75) is 152 Å². The zero-order chi connectivity index (χ0) is 28.3. The van der Waals surface area contributed by atoms with Crippen molar-refractivity contribution in [1.82, 2.24) is 0 Å². The van der Waals surface area contributed by atoms with Crippen LogP contribution in [-0.2, 0) is 9.72 Å². The standard InChI is InChI=1S/C36H55O3P/c1-2-3-4-5-6-7-8-9-20-29-36(40(37,38)39,34-27-18-16-25-32(34)30-21-12-10-13-22-30)35-28-19-17-26-33(35)31-23-14-11-15-24-31/h16-19,25-28,30-31H,2-15,20-24,29H2,1H3,(H2,37,38,39). The lowest BCUT2D eigenvalue weighted by Crippen LogP contribution is -2.32. The summed E-state index contributed by atoms with van der Waals surface area (Å²) in [4.78, 5) is 23.0. The van der Waals surface area contributed by atoms with E-state index in [1.165, 1.54) is 88.2 Å². The zero-order valence-corrected chi connectivity index (χ0v) is 26.1. The van der Waals surface area contributed by atoms with Crippen LogP contribution in [0.1, 0.15) is 169 Å². The van der Waals surface area contributed by atoms with Crippen LogP contribution in [0.3, 0.4) is 0 Å². The number of rotatable bonds is 15. The Morgan fingerprint density at radius 2 is 1.02 bits per heavy atom. The van der Waals surface area contributed by atoms with Crippen molar-refractivity contribution in [3.05, 3.63) is 70.8 Å². The zero-order valence-electron chi connectivity index (χ0n) is 25.2. The van der Waals surface area contributed by atoms with Gasteiger partial charge in [-0.1, -0.05) is 152 Å². The maximum atomic E-state index is 14.1. The molecule has 3 nitrogen and oxygen atoms in total. The number of hydrogen-bond acceptors (Lipinski definition) is 1. The molecule has 0 unspecified atom stereocenters. The van der Waals surface area contributed by atoms with Crippen LogP contribution in [0.25, 0.3) is 0 Å². The summed E-state index contributed by atoms with van der Waals surface area (Å²) in [5.41, 5.74) is 4.22. The van der Waals surface area contributed by atoms with Gasteiger partial charge in [0.2, 0.25) is 0 Å². The number of benzene rings is 2. The summed E-state index contributed by atoms with van der Waals surface area (Å²) in [5.74, 6) is 0.779. The molecule has 2 aromatic rings. The molecular weight excluding hydrogens is 511 g/mol. The van der Waals surface area contributed by atoms with Gasteiger partial charge >= 0.3 is 7.60 Å². The van der Waals surface area contributed by atoms with E-state index in [1.807, 2.05) is 12.1 Å². The Morgan fingerprint density at radius 3 is 1.45 bits per heavy atom. The highest BCUT2D eigenvalue weighted by Gasteiger charge is 2.52. The first kappa shape index (κ1) is 31.5. The summed E-state index contributed by atoms with van der Waals surface area (Å²) in [6.07, 6.45) is 23.1. The van der Waals surface area contributed by atoms with Gasteiger partial charge in [0.25, 0.3) is 0 Å². The predicted octanol–water partition coefficient (Wildman–Crippen LogP) is 11.1. The molecule has 0 heterocycles. The third-order valence-electron chi connectivity index (χ3n) is 10.0. The van der Waals surface area contributed by atoms with Crippen molar-refractivity contribution in [2.75, 3.05) is 0 Å². The maximum Gasteiger partial charge on any atom is 0.340 e. The highest BCUT2D eigenvalue weighted by atomic mass is 31.2. The first-order chi connectivity index (χ1) is 19.5. The van der Waals surface area contributed by atoms with Crippen molar-refractivity contribution in [2.24, 2.45) is 0 Å². The van der Waals surface area contributed by atoms with Crippen LogP contribution >= 0.6 is 7.60 Å². The summed E-state index contributed by atoms with van der Waals surface area (Å²) < 4.78 is 14.1. The second kappa shape index (κ2) is 15.7. The molecule has 0 radical (unpaired) electrons. The minimum atomic E-state index is -4.58. The molecule has 0 aromatic heterocycles. The second-order valence-corrected chi connectivity index (χ2v) is 14.7. The lowest BCUT2D eigenvalue weighted by molar-refractivity contribution is 0.325. The van der Waals surface area contributed by atoms with Gasteiger partial charge in [-0.25, -0.2) is 0 Å². The van der Waals surface area contributed by atoms with E-state index in [9.17, 15) is 14.4 Å². The lowest BCUT2D eigenvalue weighted by Gasteiger charge is -2.41. The van der Waals surface area contributed by atoms with Crippen LogP contribution in [-0.4, -0.2) is 9.79 Å². The Kier molecular flexibility index (Phi) is 12.4. The normalized spacial score (nSPS) is 17.8. The third kappa shape index (κ3) is 7.70. The fraction of sp³-hybridized carbons (Fsp3) is 0.667. The predicted molar refractivity (Wildman–Crippen MR) is 169 cm³/mol. The van der Waals surface area contributed by atoms with Crippen molar-refractivity contribution in [3.8, 4) is 0 Å². The van der Waals surface area contributed by atoms with Gasteiger partial charge in [-0.15, -0.1) is 0 Å². The summed E-state index contributed by atoms with van der Waals surface area (Å²) in [7, 11) is -4.58. The van der Waals surface area contributed by atoms with Crippen molar-refractivity contribution >= 4 is 7.60 Å². The van der Waals surface area contributed by atoms with Crippen LogP contribution in [0.15, 0.2) is 48.5 Å². The molecule has 0 atom stereocenters. The Balaban J connectivity index is 1.71. The quantitative estimate of drug-likeness (QED) is 0.166.